The Labute approximate surface area is 103 Å². The minimum atomic E-state index is -4.27. The summed E-state index contributed by atoms with van der Waals surface area (Å²) in [5.74, 6) is 0.0692. The second kappa shape index (κ2) is 3.77. The molecule has 1 fully saturated rings. The van der Waals surface area contributed by atoms with Gasteiger partial charge < -0.3 is 5.32 Å². The van der Waals surface area contributed by atoms with E-state index in [9.17, 15) is 13.2 Å². The van der Waals surface area contributed by atoms with Gasteiger partial charge in [-0.25, -0.2) is 4.98 Å². The first-order valence-electron chi connectivity index (χ1n) is 4.50. The molecule has 16 heavy (non-hydrogen) atoms. The average Bonchev–Trinajstić information content (AvgIpc) is 2.90. The minimum absolute atomic E-state index is 0.0601. The lowest BCUT2D eigenvalue weighted by molar-refractivity contribution is -0.151. The molecule has 0 aliphatic heterocycles. The number of hydrogen-bond donors (Lipinski definition) is 1. The first-order valence-corrected chi connectivity index (χ1v) is 5.67. The molecule has 1 aromatic heterocycles. The summed E-state index contributed by atoms with van der Waals surface area (Å²) < 4.78 is 38.6. The highest BCUT2D eigenvalue weighted by molar-refractivity contribution is 9.10. The highest BCUT2D eigenvalue weighted by Crippen LogP contribution is 2.51. The standard InChI is InChI=1S/C9H7BrClF3N2/c10-5-3-6(11)7(15-4-5)16-8(1-2-8)9(12,13)14/h3-4H,1-2H2,(H,15,16). The van der Waals surface area contributed by atoms with Crippen molar-refractivity contribution in [2.75, 3.05) is 5.32 Å². The molecule has 1 heterocycles. The molecular weight excluding hydrogens is 308 g/mol. The van der Waals surface area contributed by atoms with Crippen molar-refractivity contribution in [3.05, 3.63) is 21.8 Å². The van der Waals surface area contributed by atoms with E-state index in [1.807, 2.05) is 0 Å². The van der Waals surface area contributed by atoms with Gasteiger partial charge in [0.05, 0.1) is 5.02 Å². The molecule has 0 aromatic carbocycles. The quantitative estimate of drug-likeness (QED) is 0.892. The van der Waals surface area contributed by atoms with Crippen LogP contribution in [0.25, 0.3) is 0 Å². The normalized spacial score (nSPS) is 18.3. The molecule has 88 valence electrons. The summed E-state index contributed by atoms with van der Waals surface area (Å²) in [5, 5.41) is 2.55. The maximum atomic E-state index is 12.6. The number of halogens is 5. The number of hydrogen-bond acceptors (Lipinski definition) is 2. The van der Waals surface area contributed by atoms with Gasteiger partial charge in [-0.15, -0.1) is 0 Å². The number of alkyl halides is 3. The zero-order valence-electron chi connectivity index (χ0n) is 7.91. The van der Waals surface area contributed by atoms with Crippen LogP contribution >= 0.6 is 27.5 Å². The van der Waals surface area contributed by atoms with Crippen molar-refractivity contribution >= 4 is 33.3 Å². The molecular formula is C9H7BrClF3N2. The third-order valence-electron chi connectivity index (χ3n) is 2.46. The predicted octanol–water partition coefficient (Wildman–Crippen LogP) is 4.00. The number of pyridine rings is 1. The zero-order chi connectivity index (χ0) is 12.0. The summed E-state index contributed by atoms with van der Waals surface area (Å²) in [7, 11) is 0. The Morgan fingerprint density at radius 1 is 1.44 bits per heavy atom. The van der Waals surface area contributed by atoms with Crippen molar-refractivity contribution in [3.63, 3.8) is 0 Å². The number of anilines is 1. The highest BCUT2D eigenvalue weighted by Gasteiger charge is 2.63. The molecule has 0 amide bonds. The molecule has 0 spiro atoms. The van der Waals surface area contributed by atoms with Gasteiger partial charge in [0, 0.05) is 10.7 Å². The van der Waals surface area contributed by atoms with E-state index in [4.69, 9.17) is 11.6 Å². The van der Waals surface area contributed by atoms with Gasteiger partial charge in [0.2, 0.25) is 0 Å². The van der Waals surface area contributed by atoms with Gasteiger partial charge in [-0.1, -0.05) is 11.6 Å². The maximum absolute atomic E-state index is 12.6. The van der Waals surface area contributed by atoms with Crippen LogP contribution in [-0.4, -0.2) is 16.7 Å². The van der Waals surface area contributed by atoms with Crippen LogP contribution in [0.1, 0.15) is 12.8 Å². The van der Waals surface area contributed by atoms with Gasteiger partial charge in [0.25, 0.3) is 0 Å². The SMILES string of the molecule is FC(F)(F)C1(Nc2ncc(Br)cc2Cl)CC1. The van der Waals surface area contributed by atoms with Gasteiger partial charge in [-0.2, -0.15) is 13.2 Å². The van der Waals surface area contributed by atoms with E-state index in [0.717, 1.165) is 0 Å². The molecule has 1 aliphatic rings. The van der Waals surface area contributed by atoms with Crippen molar-refractivity contribution in [2.24, 2.45) is 0 Å². The summed E-state index contributed by atoms with van der Waals surface area (Å²) in [6.07, 6.45) is -2.75. The van der Waals surface area contributed by atoms with Crippen LogP contribution in [0.3, 0.4) is 0 Å². The van der Waals surface area contributed by atoms with E-state index in [1.54, 1.807) is 0 Å². The lowest BCUT2D eigenvalue weighted by Crippen LogP contribution is -2.39. The van der Waals surface area contributed by atoms with Crippen LogP contribution in [0.2, 0.25) is 5.02 Å². The summed E-state index contributed by atoms with van der Waals surface area (Å²) in [4.78, 5) is 3.83. The molecule has 0 unspecified atom stereocenters. The Bertz CT molecular complexity index is 418. The van der Waals surface area contributed by atoms with E-state index < -0.39 is 11.7 Å². The maximum Gasteiger partial charge on any atom is 0.411 e. The molecule has 0 saturated heterocycles. The topological polar surface area (TPSA) is 24.9 Å². The van der Waals surface area contributed by atoms with Crippen molar-refractivity contribution in [1.29, 1.82) is 0 Å². The van der Waals surface area contributed by atoms with Gasteiger partial charge >= 0.3 is 6.18 Å². The largest absolute Gasteiger partial charge is 0.411 e. The Hall–Kier alpha value is -0.490. The number of rotatable bonds is 2. The van der Waals surface area contributed by atoms with Crippen LogP contribution < -0.4 is 5.32 Å². The number of aromatic nitrogens is 1. The van der Waals surface area contributed by atoms with E-state index in [1.165, 1.54) is 12.3 Å². The predicted molar refractivity (Wildman–Crippen MR) is 58.6 cm³/mol. The van der Waals surface area contributed by atoms with Crippen LogP contribution in [0.15, 0.2) is 16.7 Å². The highest BCUT2D eigenvalue weighted by atomic mass is 79.9. The molecule has 1 aromatic rings. The molecule has 2 rings (SSSR count). The second-order valence-corrected chi connectivity index (χ2v) is 5.01. The Morgan fingerprint density at radius 2 is 2.06 bits per heavy atom. The Morgan fingerprint density at radius 3 is 2.50 bits per heavy atom. The minimum Gasteiger partial charge on any atom is -0.355 e. The lowest BCUT2D eigenvalue weighted by Gasteiger charge is -2.21. The molecule has 0 bridgehead atoms. The summed E-state index contributed by atoms with van der Waals surface area (Å²) in [5.41, 5.74) is -1.84. The number of nitrogens with one attached hydrogen (secondary N) is 1. The van der Waals surface area contributed by atoms with Crippen molar-refractivity contribution in [1.82, 2.24) is 4.98 Å². The fourth-order valence-electron chi connectivity index (χ4n) is 1.34. The lowest BCUT2D eigenvalue weighted by atomic mass is 10.2. The van der Waals surface area contributed by atoms with Crippen LogP contribution in [-0.2, 0) is 0 Å². The van der Waals surface area contributed by atoms with Gasteiger partial charge in [-0.05, 0) is 34.8 Å². The fraction of sp³-hybridized carbons (Fsp3) is 0.444. The van der Waals surface area contributed by atoms with Crippen LogP contribution in [0.4, 0.5) is 19.0 Å². The molecule has 1 saturated carbocycles. The van der Waals surface area contributed by atoms with Crippen LogP contribution in [0, 0.1) is 0 Å². The third kappa shape index (κ3) is 2.13. The monoisotopic (exact) mass is 314 g/mol. The zero-order valence-corrected chi connectivity index (χ0v) is 10.2. The fourth-order valence-corrected chi connectivity index (χ4v) is 2.01. The molecule has 0 atom stereocenters. The average molecular weight is 316 g/mol. The first-order chi connectivity index (χ1) is 7.34. The van der Waals surface area contributed by atoms with E-state index in [2.05, 4.69) is 26.2 Å². The summed E-state index contributed by atoms with van der Waals surface area (Å²) >= 11 is 8.93. The second-order valence-electron chi connectivity index (χ2n) is 3.69. The van der Waals surface area contributed by atoms with Gasteiger partial charge in [0.1, 0.15) is 11.4 Å². The van der Waals surface area contributed by atoms with Crippen molar-refractivity contribution < 1.29 is 13.2 Å². The molecule has 1 N–H and O–H groups in total. The molecule has 0 radical (unpaired) electrons. The summed E-state index contributed by atoms with van der Waals surface area (Å²) in [6.45, 7) is 0. The van der Waals surface area contributed by atoms with Gasteiger partial charge in [0.15, 0.2) is 0 Å². The summed E-state index contributed by atoms with van der Waals surface area (Å²) in [6, 6.07) is 1.50. The Balaban J connectivity index is 2.22. The van der Waals surface area contributed by atoms with E-state index in [0.29, 0.717) is 4.47 Å². The third-order valence-corrected chi connectivity index (χ3v) is 3.18. The molecule has 7 heteroatoms. The van der Waals surface area contributed by atoms with Crippen molar-refractivity contribution in [2.45, 2.75) is 24.6 Å². The number of nitrogens with zero attached hydrogens (tertiary/aromatic N) is 1. The Kier molecular flexibility index (Phi) is 2.82. The van der Waals surface area contributed by atoms with E-state index in [-0.39, 0.29) is 23.7 Å². The molecule has 1 aliphatic carbocycles. The molecule has 2 nitrogen and oxygen atoms in total. The smallest absolute Gasteiger partial charge is 0.355 e. The van der Waals surface area contributed by atoms with E-state index >= 15 is 0 Å². The van der Waals surface area contributed by atoms with Crippen LogP contribution in [0.5, 0.6) is 0 Å². The van der Waals surface area contributed by atoms with Gasteiger partial charge in [-0.3, -0.25) is 0 Å². The first kappa shape index (κ1) is 12.0. The van der Waals surface area contributed by atoms with Crippen molar-refractivity contribution in [3.8, 4) is 0 Å².